The van der Waals surface area contributed by atoms with E-state index in [9.17, 15) is 20.0 Å². The molecule has 1 aliphatic carbocycles. The Morgan fingerprint density at radius 1 is 0.844 bits per heavy atom. The summed E-state index contributed by atoms with van der Waals surface area (Å²) in [5, 5.41) is 21.7. The van der Waals surface area contributed by atoms with Crippen molar-refractivity contribution in [3.63, 3.8) is 0 Å². The zero-order valence-electron chi connectivity index (χ0n) is 24.6. The lowest BCUT2D eigenvalue weighted by atomic mass is 9.94. The van der Waals surface area contributed by atoms with Crippen molar-refractivity contribution in [1.82, 2.24) is 14.5 Å². The zero-order valence-corrected chi connectivity index (χ0v) is 24.6. The number of rotatable bonds is 7. The summed E-state index contributed by atoms with van der Waals surface area (Å²) in [5.41, 5.74) is 6.97. The summed E-state index contributed by atoms with van der Waals surface area (Å²) >= 11 is 0. The van der Waals surface area contributed by atoms with Crippen LogP contribution in [0.5, 0.6) is 5.75 Å². The van der Waals surface area contributed by atoms with Crippen LogP contribution >= 0.6 is 0 Å². The Morgan fingerprint density at radius 3 is 2.36 bits per heavy atom. The highest BCUT2D eigenvalue weighted by Crippen LogP contribution is 2.38. The number of carboxylic acid groups (broad SMARTS) is 1. The highest BCUT2D eigenvalue weighted by molar-refractivity contribution is 5.94. The summed E-state index contributed by atoms with van der Waals surface area (Å²) in [7, 11) is 1.61. The van der Waals surface area contributed by atoms with Crippen LogP contribution in [0, 0.1) is 10.1 Å². The second-order valence-electron chi connectivity index (χ2n) is 11.4. The molecule has 1 fully saturated rings. The third-order valence-corrected chi connectivity index (χ3v) is 8.72. The number of fused-ring (bicyclic) bond motifs is 2. The molecule has 0 atom stereocenters. The Labute approximate surface area is 258 Å². The largest absolute Gasteiger partial charge is 0.497 e. The molecule has 0 spiro atoms. The van der Waals surface area contributed by atoms with Crippen LogP contribution < -0.4 is 4.74 Å². The average Bonchev–Trinajstić information content (AvgIpc) is 3.47. The number of aromatic carboxylic acids is 1. The summed E-state index contributed by atoms with van der Waals surface area (Å²) in [5.74, 6) is 0.547. The molecule has 45 heavy (non-hydrogen) atoms. The number of aromatic nitrogens is 3. The average molecular weight is 599 g/mol. The molecule has 1 N–H and O–H groups in total. The molecule has 9 heteroatoms. The number of hydrogen-bond donors (Lipinski definition) is 1. The minimum Gasteiger partial charge on any atom is -0.497 e. The van der Waals surface area contributed by atoms with Crippen LogP contribution in [-0.4, -0.2) is 37.6 Å². The van der Waals surface area contributed by atoms with Crippen LogP contribution in [0.1, 0.15) is 48.5 Å². The predicted molar refractivity (Wildman–Crippen MR) is 174 cm³/mol. The van der Waals surface area contributed by atoms with Crippen molar-refractivity contribution in [2.24, 2.45) is 0 Å². The fourth-order valence-corrected chi connectivity index (χ4v) is 6.44. The van der Waals surface area contributed by atoms with Gasteiger partial charge in [0.15, 0.2) is 0 Å². The number of non-ortho nitro benzene ring substituents is 1. The van der Waals surface area contributed by atoms with E-state index in [1.165, 1.54) is 18.6 Å². The van der Waals surface area contributed by atoms with Gasteiger partial charge in [-0.05, 0) is 90.7 Å². The first kappa shape index (κ1) is 28.2. The van der Waals surface area contributed by atoms with E-state index in [1.54, 1.807) is 31.4 Å². The normalized spacial score (nSPS) is 13.7. The van der Waals surface area contributed by atoms with Crippen molar-refractivity contribution >= 4 is 33.6 Å². The van der Waals surface area contributed by atoms with Crippen molar-refractivity contribution in [1.29, 1.82) is 0 Å². The van der Waals surface area contributed by atoms with Gasteiger partial charge in [0, 0.05) is 34.7 Å². The lowest BCUT2D eigenvalue weighted by Crippen LogP contribution is -2.14. The first-order chi connectivity index (χ1) is 21.9. The van der Waals surface area contributed by atoms with Gasteiger partial charge in [-0.3, -0.25) is 10.1 Å². The summed E-state index contributed by atoms with van der Waals surface area (Å²) in [4.78, 5) is 32.5. The van der Waals surface area contributed by atoms with E-state index < -0.39 is 10.9 Å². The van der Waals surface area contributed by atoms with Crippen LogP contribution in [0.15, 0.2) is 91.0 Å². The minimum absolute atomic E-state index is 0.0350. The van der Waals surface area contributed by atoms with Crippen molar-refractivity contribution in [3.05, 3.63) is 107 Å². The smallest absolute Gasteiger partial charge is 0.335 e. The van der Waals surface area contributed by atoms with Crippen LogP contribution in [0.3, 0.4) is 0 Å². The van der Waals surface area contributed by atoms with Crippen molar-refractivity contribution in [3.8, 4) is 39.5 Å². The molecule has 9 nitrogen and oxygen atoms in total. The number of benzene rings is 4. The highest BCUT2D eigenvalue weighted by Gasteiger charge is 2.23. The third-order valence-electron chi connectivity index (χ3n) is 8.72. The number of imidazole rings is 1. The summed E-state index contributed by atoms with van der Waals surface area (Å²) in [6, 6.07) is 27.9. The molecule has 0 saturated heterocycles. The summed E-state index contributed by atoms with van der Waals surface area (Å²) < 4.78 is 7.82. The maximum absolute atomic E-state index is 11.7. The van der Waals surface area contributed by atoms with E-state index in [2.05, 4.69) is 10.6 Å². The van der Waals surface area contributed by atoms with Gasteiger partial charge in [-0.1, -0.05) is 31.4 Å². The number of ether oxygens (including phenoxy) is 1. The molecule has 0 radical (unpaired) electrons. The first-order valence-electron chi connectivity index (χ1n) is 15.0. The molecule has 2 heterocycles. The molecule has 2 aromatic heterocycles. The Morgan fingerprint density at radius 2 is 1.62 bits per heavy atom. The van der Waals surface area contributed by atoms with E-state index >= 15 is 0 Å². The van der Waals surface area contributed by atoms with Crippen LogP contribution in [0.4, 0.5) is 5.69 Å². The van der Waals surface area contributed by atoms with E-state index in [-0.39, 0.29) is 11.3 Å². The van der Waals surface area contributed by atoms with Crippen molar-refractivity contribution in [2.75, 3.05) is 7.11 Å². The summed E-state index contributed by atoms with van der Waals surface area (Å²) in [6.07, 6.45) is 5.68. The molecule has 0 aliphatic heterocycles. The molecule has 6 aromatic rings. The number of nitro benzene ring substituents is 1. The number of pyridine rings is 1. The second kappa shape index (κ2) is 11.5. The standard InChI is InChI=1S/C36H30N4O5/c1-45-28-14-15-29(22-7-12-27(13-8-22)40(43)44)30(21-28)32-17-9-23-19-24(10-16-31(23)37-32)35-38-33-20-25(36(41)42)11-18-34(33)39(35)26-5-3-2-4-6-26/h7-21,26H,2-6H2,1H3,(H,41,42). The van der Waals surface area contributed by atoms with Gasteiger partial charge in [0.25, 0.3) is 5.69 Å². The Hall–Kier alpha value is -5.57. The molecule has 1 saturated carbocycles. The molecule has 0 bridgehead atoms. The van der Waals surface area contributed by atoms with Crippen molar-refractivity contribution in [2.45, 2.75) is 38.1 Å². The van der Waals surface area contributed by atoms with Gasteiger partial charge in [-0.2, -0.15) is 0 Å². The van der Waals surface area contributed by atoms with E-state index in [0.717, 1.165) is 75.9 Å². The van der Waals surface area contributed by atoms with Gasteiger partial charge >= 0.3 is 5.97 Å². The van der Waals surface area contributed by atoms with Gasteiger partial charge in [0.1, 0.15) is 11.6 Å². The van der Waals surface area contributed by atoms with Gasteiger partial charge < -0.3 is 14.4 Å². The molecule has 4 aromatic carbocycles. The minimum atomic E-state index is -0.967. The van der Waals surface area contributed by atoms with Crippen LogP contribution in [0.2, 0.25) is 0 Å². The Bertz CT molecular complexity index is 2100. The van der Waals surface area contributed by atoms with Gasteiger partial charge in [-0.25, -0.2) is 14.8 Å². The topological polar surface area (TPSA) is 120 Å². The Kier molecular flexibility index (Phi) is 7.21. The fourth-order valence-electron chi connectivity index (χ4n) is 6.44. The molecular formula is C36H30N4O5. The van der Waals surface area contributed by atoms with Gasteiger partial charge in [0.2, 0.25) is 0 Å². The van der Waals surface area contributed by atoms with Gasteiger partial charge in [0.05, 0.1) is 39.8 Å². The maximum Gasteiger partial charge on any atom is 0.335 e. The first-order valence-corrected chi connectivity index (χ1v) is 15.0. The van der Waals surface area contributed by atoms with Crippen LogP contribution in [-0.2, 0) is 0 Å². The molecule has 1 aliphatic rings. The number of carbonyl (C=O) groups is 1. The lowest BCUT2D eigenvalue weighted by molar-refractivity contribution is -0.384. The Balaban J connectivity index is 1.32. The number of nitrogens with zero attached hydrogens (tertiary/aromatic N) is 4. The van der Waals surface area contributed by atoms with E-state index in [1.807, 2.05) is 48.5 Å². The number of carboxylic acids is 1. The number of nitro groups is 1. The second-order valence-corrected chi connectivity index (χ2v) is 11.4. The number of methoxy groups -OCH3 is 1. The molecule has 0 amide bonds. The summed E-state index contributed by atoms with van der Waals surface area (Å²) in [6.45, 7) is 0. The molecule has 0 unspecified atom stereocenters. The SMILES string of the molecule is COc1ccc(-c2ccc([N+](=O)[O-])cc2)c(-c2ccc3cc(-c4nc5cc(C(=O)O)ccc5n4C4CCCCC4)ccc3n2)c1. The van der Waals surface area contributed by atoms with Gasteiger partial charge in [-0.15, -0.1) is 0 Å². The molecule has 7 rings (SSSR count). The lowest BCUT2D eigenvalue weighted by Gasteiger charge is -2.25. The molecule has 224 valence electrons. The number of hydrogen-bond acceptors (Lipinski definition) is 6. The highest BCUT2D eigenvalue weighted by atomic mass is 16.6. The molecular weight excluding hydrogens is 568 g/mol. The van der Waals surface area contributed by atoms with E-state index in [4.69, 9.17) is 14.7 Å². The third kappa shape index (κ3) is 5.26. The van der Waals surface area contributed by atoms with Crippen molar-refractivity contribution < 1.29 is 19.6 Å². The maximum atomic E-state index is 11.7. The fraction of sp³-hybridized carbons (Fsp3) is 0.194. The zero-order chi connectivity index (χ0) is 31.1. The quantitative estimate of drug-likeness (QED) is 0.144. The van der Waals surface area contributed by atoms with Crippen LogP contribution in [0.25, 0.3) is 55.7 Å². The monoisotopic (exact) mass is 598 g/mol. The van der Waals surface area contributed by atoms with E-state index in [0.29, 0.717) is 17.3 Å². The predicted octanol–water partition coefficient (Wildman–Crippen LogP) is 8.71.